The summed E-state index contributed by atoms with van der Waals surface area (Å²) in [5, 5.41) is 17.7. The highest BCUT2D eigenvalue weighted by atomic mass is 32.1. The molecule has 0 radical (unpaired) electrons. The van der Waals surface area contributed by atoms with Crippen LogP contribution in [0.1, 0.15) is 33.2 Å². The van der Waals surface area contributed by atoms with E-state index in [4.69, 9.17) is 9.47 Å². The van der Waals surface area contributed by atoms with Gasteiger partial charge >= 0.3 is 5.97 Å². The Labute approximate surface area is 224 Å². The quantitative estimate of drug-likeness (QED) is 0.277. The van der Waals surface area contributed by atoms with Crippen molar-refractivity contribution in [2.75, 3.05) is 6.61 Å². The Morgan fingerprint density at radius 3 is 2.77 bits per heavy atom. The van der Waals surface area contributed by atoms with Crippen LogP contribution in [0.5, 0.6) is 5.88 Å². The van der Waals surface area contributed by atoms with Crippen LogP contribution in [0, 0.1) is 11.6 Å². The van der Waals surface area contributed by atoms with Crippen LogP contribution in [0.2, 0.25) is 0 Å². The summed E-state index contributed by atoms with van der Waals surface area (Å²) in [6, 6.07) is 11.7. The number of aromatic carboxylic acids is 1. The predicted octanol–water partition coefficient (Wildman–Crippen LogP) is 4.88. The van der Waals surface area contributed by atoms with Gasteiger partial charge in [0.15, 0.2) is 5.01 Å². The number of carboxylic acids is 1. The van der Waals surface area contributed by atoms with Crippen LogP contribution in [0.3, 0.4) is 0 Å². The second-order valence-corrected chi connectivity index (χ2v) is 9.93. The zero-order valence-corrected chi connectivity index (χ0v) is 21.2. The molecule has 0 saturated carbocycles. The summed E-state index contributed by atoms with van der Waals surface area (Å²) in [6.45, 7) is 1.25. The Hall–Kier alpha value is -4.29. The molecule has 39 heavy (non-hydrogen) atoms. The van der Waals surface area contributed by atoms with E-state index in [0.717, 1.165) is 18.6 Å². The fraction of sp³-hybridized carbons (Fsp3) is 0.222. The van der Waals surface area contributed by atoms with E-state index in [1.807, 2.05) is 4.57 Å². The summed E-state index contributed by atoms with van der Waals surface area (Å²) in [4.78, 5) is 20.5. The van der Waals surface area contributed by atoms with E-state index in [2.05, 4.69) is 20.2 Å². The smallest absolute Gasteiger partial charge is 0.335 e. The molecule has 12 heteroatoms. The lowest BCUT2D eigenvalue weighted by molar-refractivity contribution is -0.0589. The van der Waals surface area contributed by atoms with Crippen molar-refractivity contribution in [2.24, 2.45) is 0 Å². The van der Waals surface area contributed by atoms with Crippen LogP contribution in [-0.4, -0.2) is 48.5 Å². The van der Waals surface area contributed by atoms with Crippen LogP contribution in [0.15, 0.2) is 54.0 Å². The number of nitrogens with zero attached hydrogens (tertiary/aromatic N) is 5. The van der Waals surface area contributed by atoms with Crippen LogP contribution in [-0.2, 0) is 24.3 Å². The third kappa shape index (κ3) is 5.20. The van der Waals surface area contributed by atoms with E-state index >= 15 is 8.78 Å². The van der Waals surface area contributed by atoms with Gasteiger partial charge in [-0.05, 0) is 48.4 Å². The highest BCUT2D eigenvalue weighted by Gasteiger charge is 2.23. The Morgan fingerprint density at radius 2 is 2.03 bits per heavy atom. The van der Waals surface area contributed by atoms with Crippen molar-refractivity contribution < 1.29 is 28.2 Å². The summed E-state index contributed by atoms with van der Waals surface area (Å²) in [5.41, 5.74) is 3.22. The van der Waals surface area contributed by atoms with Gasteiger partial charge in [-0.1, -0.05) is 6.07 Å². The summed E-state index contributed by atoms with van der Waals surface area (Å²) < 4.78 is 43.7. The lowest BCUT2D eigenvalue weighted by Crippen LogP contribution is -2.31. The molecule has 0 spiro atoms. The molecule has 1 saturated heterocycles. The Bertz CT molecular complexity index is 1670. The van der Waals surface area contributed by atoms with Crippen molar-refractivity contribution in [3.05, 3.63) is 87.6 Å². The van der Waals surface area contributed by atoms with E-state index in [-0.39, 0.29) is 47.4 Å². The van der Waals surface area contributed by atoms with Gasteiger partial charge in [0, 0.05) is 24.7 Å². The van der Waals surface area contributed by atoms with Crippen molar-refractivity contribution in [1.29, 1.82) is 0 Å². The number of benzene rings is 2. The number of fused-ring (bicyclic) bond motifs is 1. The monoisotopic (exact) mass is 549 g/mol. The third-order valence-electron chi connectivity index (χ3n) is 6.49. The number of imidazole rings is 1. The Kier molecular flexibility index (Phi) is 6.71. The number of ether oxygens (including phenoxy) is 2. The normalized spacial score (nSPS) is 14.9. The maximum Gasteiger partial charge on any atom is 0.335 e. The van der Waals surface area contributed by atoms with Gasteiger partial charge in [0.25, 0.3) is 0 Å². The van der Waals surface area contributed by atoms with Gasteiger partial charge in [0.1, 0.15) is 29.6 Å². The van der Waals surface area contributed by atoms with Gasteiger partial charge in [-0.15, -0.1) is 21.5 Å². The summed E-state index contributed by atoms with van der Waals surface area (Å²) in [7, 11) is 0. The first-order valence-electron chi connectivity index (χ1n) is 12.1. The first-order valence-corrected chi connectivity index (χ1v) is 13.0. The van der Waals surface area contributed by atoms with Gasteiger partial charge in [-0.2, -0.15) is 0 Å². The van der Waals surface area contributed by atoms with Crippen molar-refractivity contribution in [3.63, 3.8) is 0 Å². The standard InChI is InChI=1S/C27H21F2N5O4S/c28-19-11-18(21-2-1-3-25(32-21)38-13-26-33-30-14-39-26)20(29)8-16(19)10-24-31-22-5-4-15(27(35)36)9-23(22)34(24)12-17-6-7-37-17/h1-5,8-9,11,14,17H,6-7,10,12-13H2,(H,35,36)/t17-/m0/s1. The number of hydrogen-bond donors (Lipinski definition) is 1. The second-order valence-electron chi connectivity index (χ2n) is 9.01. The number of hydrogen-bond acceptors (Lipinski definition) is 8. The average Bonchev–Trinajstić information content (AvgIpc) is 3.54. The average molecular weight is 550 g/mol. The first-order chi connectivity index (χ1) is 18.9. The topological polar surface area (TPSA) is 112 Å². The Morgan fingerprint density at radius 1 is 1.15 bits per heavy atom. The van der Waals surface area contributed by atoms with Crippen molar-refractivity contribution >= 4 is 28.3 Å². The molecular formula is C27H21F2N5O4S. The number of aromatic nitrogens is 5. The molecule has 6 rings (SSSR count). The molecule has 1 fully saturated rings. The number of halogens is 2. The molecule has 1 N–H and O–H groups in total. The maximum atomic E-state index is 15.4. The van der Waals surface area contributed by atoms with Crippen molar-refractivity contribution in [1.82, 2.24) is 24.7 Å². The van der Waals surface area contributed by atoms with Gasteiger partial charge in [0.05, 0.1) is 34.9 Å². The fourth-order valence-electron chi connectivity index (χ4n) is 4.41. The van der Waals surface area contributed by atoms with Crippen molar-refractivity contribution in [2.45, 2.75) is 32.1 Å². The highest BCUT2D eigenvalue weighted by molar-refractivity contribution is 7.09. The summed E-state index contributed by atoms with van der Waals surface area (Å²) in [5.74, 6) is -1.58. The molecule has 0 aliphatic carbocycles. The van der Waals surface area contributed by atoms with Crippen LogP contribution < -0.4 is 4.74 Å². The molecule has 5 aromatic rings. The molecular weight excluding hydrogens is 528 g/mol. The number of carboxylic acid groups (broad SMARTS) is 1. The zero-order chi connectivity index (χ0) is 26.9. The molecule has 1 aliphatic rings. The second kappa shape index (κ2) is 10.5. The zero-order valence-electron chi connectivity index (χ0n) is 20.4. The number of rotatable bonds is 9. The van der Waals surface area contributed by atoms with E-state index in [1.165, 1.54) is 17.4 Å². The van der Waals surface area contributed by atoms with Gasteiger partial charge in [-0.3, -0.25) is 0 Å². The molecule has 2 aromatic carbocycles. The van der Waals surface area contributed by atoms with E-state index < -0.39 is 17.6 Å². The summed E-state index contributed by atoms with van der Waals surface area (Å²) >= 11 is 1.34. The predicted molar refractivity (Wildman–Crippen MR) is 138 cm³/mol. The molecule has 9 nitrogen and oxygen atoms in total. The van der Waals surface area contributed by atoms with Crippen LogP contribution in [0.4, 0.5) is 8.78 Å². The number of pyridine rings is 1. The van der Waals surface area contributed by atoms with Crippen LogP contribution >= 0.6 is 11.3 Å². The molecule has 1 aliphatic heterocycles. The highest BCUT2D eigenvalue weighted by Crippen LogP contribution is 2.29. The lowest BCUT2D eigenvalue weighted by Gasteiger charge is -2.27. The molecule has 0 unspecified atom stereocenters. The SMILES string of the molecule is O=C(O)c1ccc2nc(Cc3cc(F)c(-c4cccc(OCc5nncs5)n4)cc3F)n(C[C@@H]3CCO3)c2c1. The molecule has 1 atom stereocenters. The van der Waals surface area contributed by atoms with Crippen molar-refractivity contribution in [3.8, 4) is 17.1 Å². The lowest BCUT2D eigenvalue weighted by atomic mass is 10.0. The van der Waals surface area contributed by atoms with E-state index in [0.29, 0.717) is 35.0 Å². The largest absolute Gasteiger partial charge is 0.478 e. The minimum Gasteiger partial charge on any atom is -0.478 e. The minimum atomic E-state index is -1.06. The molecule has 3 aromatic heterocycles. The molecule has 4 heterocycles. The first kappa shape index (κ1) is 25.0. The van der Waals surface area contributed by atoms with Gasteiger partial charge < -0.3 is 19.1 Å². The van der Waals surface area contributed by atoms with Gasteiger partial charge in [0.2, 0.25) is 5.88 Å². The van der Waals surface area contributed by atoms with Gasteiger partial charge in [-0.25, -0.2) is 23.5 Å². The third-order valence-corrected chi connectivity index (χ3v) is 7.16. The molecule has 0 amide bonds. The number of carbonyl (C=O) groups is 1. The minimum absolute atomic E-state index is 0.0000799. The molecule has 198 valence electrons. The summed E-state index contributed by atoms with van der Waals surface area (Å²) in [6.07, 6.45) is 0.808. The molecule has 0 bridgehead atoms. The van der Waals surface area contributed by atoms with Crippen LogP contribution in [0.25, 0.3) is 22.3 Å². The van der Waals surface area contributed by atoms with E-state index in [1.54, 1.807) is 35.8 Å². The fourth-order valence-corrected chi connectivity index (χ4v) is 4.84. The maximum absolute atomic E-state index is 15.4. The Balaban J connectivity index is 1.29. The van der Waals surface area contributed by atoms with E-state index in [9.17, 15) is 9.90 Å².